The van der Waals surface area contributed by atoms with Crippen LogP contribution in [0.1, 0.15) is 43.7 Å². The van der Waals surface area contributed by atoms with Crippen LogP contribution in [0.2, 0.25) is 0 Å². The van der Waals surface area contributed by atoms with Gasteiger partial charge in [0.15, 0.2) is 6.10 Å². The summed E-state index contributed by atoms with van der Waals surface area (Å²) in [5, 5.41) is 14.8. The van der Waals surface area contributed by atoms with Crippen LogP contribution >= 0.6 is 0 Å². The number of carbonyl (C=O) groups excluding carboxylic acids is 2. The molecule has 0 bridgehead atoms. The largest absolute Gasteiger partial charge is 0.479 e. The van der Waals surface area contributed by atoms with Crippen LogP contribution in [0.4, 0.5) is 4.79 Å². The van der Waals surface area contributed by atoms with E-state index in [4.69, 9.17) is 9.47 Å². The first-order valence-electron chi connectivity index (χ1n) is 12.1. The van der Waals surface area contributed by atoms with Crippen LogP contribution < -0.4 is 10.6 Å². The van der Waals surface area contributed by atoms with Gasteiger partial charge in [0.05, 0.1) is 0 Å². The normalized spacial score (nSPS) is 20.4. The minimum Gasteiger partial charge on any atom is -0.479 e. The van der Waals surface area contributed by atoms with Gasteiger partial charge >= 0.3 is 12.1 Å². The molecule has 4 rings (SSSR count). The van der Waals surface area contributed by atoms with E-state index >= 15 is 0 Å². The second kappa shape index (κ2) is 10.9. The summed E-state index contributed by atoms with van der Waals surface area (Å²) in [7, 11) is 0. The van der Waals surface area contributed by atoms with E-state index in [2.05, 4.69) is 22.8 Å². The van der Waals surface area contributed by atoms with E-state index in [1.165, 1.54) is 0 Å². The third kappa shape index (κ3) is 5.32. The van der Waals surface area contributed by atoms with Gasteiger partial charge < -0.3 is 25.2 Å². The molecule has 1 aliphatic carbocycles. The van der Waals surface area contributed by atoms with Crippen LogP contribution in [0, 0.1) is 11.8 Å². The molecule has 2 amide bonds. The molecule has 2 aliphatic rings. The zero-order chi connectivity index (χ0) is 24.9. The first kappa shape index (κ1) is 24.7. The highest BCUT2D eigenvalue weighted by molar-refractivity contribution is 5.86. The van der Waals surface area contributed by atoms with E-state index in [-0.39, 0.29) is 36.8 Å². The highest BCUT2D eigenvalue weighted by Gasteiger charge is 2.35. The fraction of sp³-hybridized carbons (Fsp3) is 0.444. The number of amides is 2. The summed E-state index contributed by atoms with van der Waals surface area (Å²) in [6.07, 6.45) is -0.343. The van der Waals surface area contributed by atoms with Gasteiger partial charge in [0.2, 0.25) is 5.91 Å². The highest BCUT2D eigenvalue weighted by Crippen LogP contribution is 2.44. The number of fused-ring (bicyclic) bond motifs is 3. The Hall–Kier alpha value is -3.39. The van der Waals surface area contributed by atoms with Crippen molar-refractivity contribution in [3.8, 4) is 11.1 Å². The molecule has 0 aromatic heterocycles. The van der Waals surface area contributed by atoms with Crippen molar-refractivity contribution in [2.45, 2.75) is 44.8 Å². The maximum Gasteiger partial charge on any atom is 0.407 e. The smallest absolute Gasteiger partial charge is 0.407 e. The second-order valence-electron chi connectivity index (χ2n) is 9.26. The summed E-state index contributed by atoms with van der Waals surface area (Å²) in [5.74, 6) is -1.89. The van der Waals surface area contributed by atoms with Crippen LogP contribution in [0.25, 0.3) is 11.1 Å². The van der Waals surface area contributed by atoms with Crippen LogP contribution in [0.5, 0.6) is 0 Å². The number of ether oxygens (including phenoxy) is 2. The minimum absolute atomic E-state index is 0.0701. The number of benzene rings is 2. The van der Waals surface area contributed by atoms with Gasteiger partial charge in [-0.25, -0.2) is 9.59 Å². The Kier molecular flexibility index (Phi) is 7.70. The number of hydrogen-bond acceptors (Lipinski definition) is 5. The molecular weight excluding hydrogens is 448 g/mol. The molecule has 0 saturated carbocycles. The molecule has 8 nitrogen and oxygen atoms in total. The third-order valence-corrected chi connectivity index (χ3v) is 7.11. The number of hydrogen-bond donors (Lipinski definition) is 3. The van der Waals surface area contributed by atoms with E-state index in [1.54, 1.807) is 0 Å². The van der Waals surface area contributed by atoms with E-state index < -0.39 is 24.2 Å². The standard InChI is InChI=1S/C27H32N2O6/c1-3-16(2)23(25(30)28-14-17-12-13-34-24(17)26(31)32)29-27(33)35-15-22-20-10-6-4-8-18(20)19-9-5-7-11-21(19)22/h4-11,16-17,22-24H,3,12-15H2,1-2H3,(H,28,30)(H,29,33)(H,31,32)/t16-,17?,23-,24?/m0/s1. The van der Waals surface area contributed by atoms with Gasteiger partial charge in [-0.2, -0.15) is 0 Å². The van der Waals surface area contributed by atoms with E-state index in [0.717, 1.165) is 22.3 Å². The summed E-state index contributed by atoms with van der Waals surface area (Å²) >= 11 is 0. The molecule has 1 saturated heterocycles. The van der Waals surface area contributed by atoms with Crippen molar-refractivity contribution in [3.05, 3.63) is 59.7 Å². The first-order chi connectivity index (χ1) is 16.9. The van der Waals surface area contributed by atoms with Crippen molar-refractivity contribution in [1.29, 1.82) is 0 Å². The maximum atomic E-state index is 12.9. The number of aliphatic carboxylic acids is 1. The summed E-state index contributed by atoms with van der Waals surface area (Å²) in [5.41, 5.74) is 4.52. The number of carboxylic acids is 1. The van der Waals surface area contributed by atoms with Crippen molar-refractivity contribution in [2.24, 2.45) is 11.8 Å². The van der Waals surface area contributed by atoms with E-state index in [1.807, 2.05) is 50.2 Å². The zero-order valence-electron chi connectivity index (χ0n) is 20.0. The Morgan fingerprint density at radius 3 is 2.31 bits per heavy atom. The van der Waals surface area contributed by atoms with Crippen molar-refractivity contribution < 1.29 is 29.0 Å². The van der Waals surface area contributed by atoms with Gasteiger partial charge in [0, 0.05) is 25.0 Å². The third-order valence-electron chi connectivity index (χ3n) is 7.11. The fourth-order valence-electron chi connectivity index (χ4n) is 4.93. The average molecular weight is 481 g/mol. The predicted octanol–water partition coefficient (Wildman–Crippen LogP) is 3.55. The molecule has 35 heavy (non-hydrogen) atoms. The van der Waals surface area contributed by atoms with Crippen LogP contribution in [-0.2, 0) is 19.1 Å². The zero-order valence-corrected chi connectivity index (χ0v) is 20.0. The van der Waals surface area contributed by atoms with Gasteiger partial charge in [-0.1, -0.05) is 68.8 Å². The number of rotatable bonds is 9. The molecule has 2 unspecified atom stereocenters. The molecule has 2 aromatic carbocycles. The second-order valence-corrected chi connectivity index (χ2v) is 9.26. The predicted molar refractivity (Wildman–Crippen MR) is 130 cm³/mol. The summed E-state index contributed by atoms with van der Waals surface area (Å²) in [6.45, 7) is 4.51. The average Bonchev–Trinajstić information content (AvgIpc) is 3.47. The topological polar surface area (TPSA) is 114 Å². The summed E-state index contributed by atoms with van der Waals surface area (Å²) in [4.78, 5) is 37.0. The molecule has 1 fully saturated rings. The van der Waals surface area contributed by atoms with Gasteiger partial charge in [0.25, 0.3) is 0 Å². The molecule has 8 heteroatoms. The number of nitrogens with one attached hydrogen (secondary N) is 2. The Morgan fingerprint density at radius 2 is 1.71 bits per heavy atom. The van der Waals surface area contributed by atoms with Crippen molar-refractivity contribution in [2.75, 3.05) is 19.8 Å². The Labute approximate surface area is 205 Å². The van der Waals surface area contributed by atoms with Crippen LogP contribution in [-0.4, -0.2) is 55.0 Å². The minimum atomic E-state index is -1.03. The monoisotopic (exact) mass is 480 g/mol. The molecule has 1 aliphatic heterocycles. The highest BCUT2D eigenvalue weighted by atomic mass is 16.5. The molecule has 0 radical (unpaired) electrons. The quantitative estimate of drug-likeness (QED) is 0.506. The molecular formula is C27H32N2O6. The number of carboxylic acid groups (broad SMARTS) is 1. The summed E-state index contributed by atoms with van der Waals surface area (Å²) in [6, 6.07) is 15.4. The lowest BCUT2D eigenvalue weighted by Crippen LogP contribution is -2.51. The first-order valence-corrected chi connectivity index (χ1v) is 12.1. The SMILES string of the molecule is CC[C@H](C)[C@H](NC(=O)OCC1c2ccccc2-c2ccccc21)C(=O)NCC1CCOC1C(=O)O. The molecule has 0 spiro atoms. The maximum absolute atomic E-state index is 12.9. The van der Waals surface area contributed by atoms with Gasteiger partial charge in [0.1, 0.15) is 12.6 Å². The van der Waals surface area contributed by atoms with Crippen molar-refractivity contribution in [1.82, 2.24) is 10.6 Å². The summed E-state index contributed by atoms with van der Waals surface area (Å²) < 4.78 is 10.9. The van der Waals surface area contributed by atoms with Crippen LogP contribution in [0.15, 0.2) is 48.5 Å². The van der Waals surface area contributed by atoms with Gasteiger partial charge in [-0.3, -0.25) is 4.79 Å². The van der Waals surface area contributed by atoms with Gasteiger partial charge in [-0.05, 0) is 34.6 Å². The molecule has 1 heterocycles. The lowest BCUT2D eigenvalue weighted by atomic mass is 9.97. The van der Waals surface area contributed by atoms with Crippen molar-refractivity contribution in [3.63, 3.8) is 0 Å². The Morgan fingerprint density at radius 1 is 1.09 bits per heavy atom. The lowest BCUT2D eigenvalue weighted by molar-refractivity contribution is -0.149. The number of carbonyl (C=O) groups is 3. The molecule has 2 aromatic rings. The fourth-order valence-corrected chi connectivity index (χ4v) is 4.93. The van der Waals surface area contributed by atoms with E-state index in [9.17, 15) is 19.5 Å². The Bertz CT molecular complexity index is 1040. The lowest BCUT2D eigenvalue weighted by Gasteiger charge is -2.25. The molecule has 186 valence electrons. The Balaban J connectivity index is 1.37. The van der Waals surface area contributed by atoms with Crippen LogP contribution in [0.3, 0.4) is 0 Å². The molecule has 4 atom stereocenters. The number of alkyl carbamates (subject to hydrolysis) is 1. The van der Waals surface area contributed by atoms with Crippen molar-refractivity contribution >= 4 is 18.0 Å². The van der Waals surface area contributed by atoms with E-state index in [0.29, 0.717) is 19.4 Å². The van der Waals surface area contributed by atoms with Gasteiger partial charge in [-0.15, -0.1) is 0 Å². The molecule has 3 N–H and O–H groups in total.